The third-order valence-electron chi connectivity index (χ3n) is 2.19. The Kier molecular flexibility index (Phi) is 3.34. The van der Waals surface area contributed by atoms with Crippen molar-refractivity contribution in [1.82, 2.24) is 4.90 Å². The zero-order valence-corrected chi connectivity index (χ0v) is 7.58. The third-order valence-corrected chi connectivity index (χ3v) is 2.19. The van der Waals surface area contributed by atoms with Crippen molar-refractivity contribution < 1.29 is 5.11 Å². The van der Waals surface area contributed by atoms with E-state index in [4.69, 9.17) is 5.11 Å². The van der Waals surface area contributed by atoms with Gasteiger partial charge in [-0.05, 0) is 18.3 Å². The minimum Gasteiger partial charge on any atom is -0.396 e. The van der Waals surface area contributed by atoms with E-state index in [1.54, 1.807) is 0 Å². The summed E-state index contributed by atoms with van der Waals surface area (Å²) in [6.07, 6.45) is 0.995. The van der Waals surface area contributed by atoms with Crippen LogP contribution in [0.5, 0.6) is 0 Å². The lowest BCUT2D eigenvalue weighted by Crippen LogP contribution is -2.48. The molecule has 2 nitrogen and oxygen atoms in total. The molecule has 2 heteroatoms. The first-order valence-electron chi connectivity index (χ1n) is 4.55. The second-order valence-corrected chi connectivity index (χ2v) is 3.99. The van der Waals surface area contributed by atoms with Gasteiger partial charge in [0.2, 0.25) is 0 Å². The smallest absolute Gasteiger partial charge is 0.0434 e. The van der Waals surface area contributed by atoms with Gasteiger partial charge in [0.05, 0.1) is 0 Å². The molecule has 0 saturated carbocycles. The molecule has 1 aliphatic heterocycles. The van der Waals surface area contributed by atoms with E-state index in [0.717, 1.165) is 18.3 Å². The highest BCUT2D eigenvalue weighted by molar-refractivity contribution is 4.79. The van der Waals surface area contributed by atoms with Crippen LogP contribution < -0.4 is 0 Å². The summed E-state index contributed by atoms with van der Waals surface area (Å²) in [7, 11) is 0. The van der Waals surface area contributed by atoms with Crippen LogP contribution in [0.1, 0.15) is 20.3 Å². The van der Waals surface area contributed by atoms with Gasteiger partial charge in [-0.2, -0.15) is 0 Å². The number of nitrogens with zero attached hydrogens (tertiary/aromatic N) is 1. The van der Waals surface area contributed by atoms with Crippen molar-refractivity contribution in [3.63, 3.8) is 0 Å². The van der Waals surface area contributed by atoms with E-state index in [0.29, 0.717) is 6.61 Å². The zero-order chi connectivity index (χ0) is 8.27. The van der Waals surface area contributed by atoms with Crippen LogP contribution in [0.15, 0.2) is 0 Å². The highest BCUT2D eigenvalue weighted by Gasteiger charge is 2.25. The van der Waals surface area contributed by atoms with E-state index in [2.05, 4.69) is 18.7 Å². The Morgan fingerprint density at radius 1 is 1.45 bits per heavy atom. The molecule has 0 aromatic rings. The van der Waals surface area contributed by atoms with Crippen LogP contribution in [0.3, 0.4) is 0 Å². The molecule has 0 radical (unpaired) electrons. The van der Waals surface area contributed by atoms with Crippen molar-refractivity contribution >= 4 is 0 Å². The predicted molar refractivity (Wildman–Crippen MR) is 46.5 cm³/mol. The number of aliphatic hydroxyl groups excluding tert-OH is 1. The van der Waals surface area contributed by atoms with Gasteiger partial charge in [-0.15, -0.1) is 0 Å². The molecule has 1 fully saturated rings. The first-order valence-corrected chi connectivity index (χ1v) is 4.55. The van der Waals surface area contributed by atoms with Gasteiger partial charge in [-0.3, -0.25) is 0 Å². The van der Waals surface area contributed by atoms with E-state index in [-0.39, 0.29) is 0 Å². The quantitative estimate of drug-likeness (QED) is 0.657. The van der Waals surface area contributed by atoms with Crippen LogP contribution in [0.2, 0.25) is 0 Å². The molecule has 0 amide bonds. The normalized spacial score (nSPS) is 20.7. The standard InChI is InChI=1S/C9H19NO/c1-8(2)5-10-6-9(7-10)3-4-11/h8-9,11H,3-7H2,1-2H3. The molecule has 0 aliphatic carbocycles. The number of aliphatic hydroxyl groups is 1. The summed E-state index contributed by atoms with van der Waals surface area (Å²) in [5, 5.41) is 8.65. The van der Waals surface area contributed by atoms with Gasteiger partial charge < -0.3 is 10.0 Å². The average Bonchev–Trinajstić information content (AvgIpc) is 1.82. The van der Waals surface area contributed by atoms with Crippen molar-refractivity contribution in [3.05, 3.63) is 0 Å². The number of hydrogen-bond acceptors (Lipinski definition) is 2. The molecule has 1 aliphatic rings. The summed E-state index contributed by atoms with van der Waals surface area (Å²) >= 11 is 0. The molecule has 66 valence electrons. The zero-order valence-electron chi connectivity index (χ0n) is 7.58. The molecule has 1 rings (SSSR count). The van der Waals surface area contributed by atoms with Gasteiger partial charge in [0.15, 0.2) is 0 Å². The monoisotopic (exact) mass is 157 g/mol. The van der Waals surface area contributed by atoms with Gasteiger partial charge in [-0.1, -0.05) is 13.8 Å². The Morgan fingerprint density at radius 3 is 2.55 bits per heavy atom. The topological polar surface area (TPSA) is 23.5 Å². The number of hydrogen-bond donors (Lipinski definition) is 1. The summed E-state index contributed by atoms with van der Waals surface area (Å²) in [6.45, 7) is 8.50. The van der Waals surface area contributed by atoms with E-state index < -0.39 is 0 Å². The van der Waals surface area contributed by atoms with Gasteiger partial charge >= 0.3 is 0 Å². The minimum atomic E-state index is 0.361. The van der Waals surface area contributed by atoms with Crippen molar-refractivity contribution in [1.29, 1.82) is 0 Å². The van der Waals surface area contributed by atoms with Gasteiger partial charge in [0, 0.05) is 26.2 Å². The van der Waals surface area contributed by atoms with Crippen LogP contribution in [-0.4, -0.2) is 36.2 Å². The fraction of sp³-hybridized carbons (Fsp3) is 1.00. The third kappa shape index (κ3) is 2.80. The fourth-order valence-electron chi connectivity index (χ4n) is 1.71. The summed E-state index contributed by atoms with van der Waals surface area (Å²) in [5.74, 6) is 1.56. The molecule has 1 heterocycles. The van der Waals surface area contributed by atoms with E-state index >= 15 is 0 Å². The minimum absolute atomic E-state index is 0.361. The maximum atomic E-state index is 8.65. The van der Waals surface area contributed by atoms with Crippen LogP contribution >= 0.6 is 0 Å². The van der Waals surface area contributed by atoms with Gasteiger partial charge in [-0.25, -0.2) is 0 Å². The fourth-order valence-corrected chi connectivity index (χ4v) is 1.71. The highest BCUT2D eigenvalue weighted by Crippen LogP contribution is 2.19. The van der Waals surface area contributed by atoms with Gasteiger partial charge in [0.1, 0.15) is 0 Å². The summed E-state index contributed by atoms with van der Waals surface area (Å²) in [6, 6.07) is 0. The average molecular weight is 157 g/mol. The molecule has 0 bridgehead atoms. The maximum Gasteiger partial charge on any atom is 0.0434 e. The molecule has 0 aromatic carbocycles. The van der Waals surface area contributed by atoms with Crippen LogP contribution in [0.4, 0.5) is 0 Å². The van der Waals surface area contributed by atoms with E-state index in [1.165, 1.54) is 19.6 Å². The lowest BCUT2D eigenvalue weighted by Gasteiger charge is -2.40. The largest absolute Gasteiger partial charge is 0.396 e. The molecular weight excluding hydrogens is 138 g/mol. The second-order valence-electron chi connectivity index (χ2n) is 3.99. The van der Waals surface area contributed by atoms with E-state index in [9.17, 15) is 0 Å². The molecule has 1 saturated heterocycles. The van der Waals surface area contributed by atoms with Crippen molar-refractivity contribution in [2.75, 3.05) is 26.2 Å². The molecule has 11 heavy (non-hydrogen) atoms. The summed E-state index contributed by atoms with van der Waals surface area (Å²) in [4.78, 5) is 2.46. The first kappa shape index (κ1) is 9.01. The summed E-state index contributed by atoms with van der Waals surface area (Å²) in [5.41, 5.74) is 0. The van der Waals surface area contributed by atoms with Crippen molar-refractivity contribution in [2.45, 2.75) is 20.3 Å². The van der Waals surface area contributed by atoms with Crippen molar-refractivity contribution in [3.8, 4) is 0 Å². The Labute approximate surface area is 69.2 Å². The Hall–Kier alpha value is -0.0800. The highest BCUT2D eigenvalue weighted by atomic mass is 16.3. The van der Waals surface area contributed by atoms with Crippen molar-refractivity contribution in [2.24, 2.45) is 11.8 Å². The van der Waals surface area contributed by atoms with Crippen LogP contribution in [-0.2, 0) is 0 Å². The van der Waals surface area contributed by atoms with Crippen LogP contribution in [0.25, 0.3) is 0 Å². The molecule has 0 spiro atoms. The molecular formula is C9H19NO. The lowest BCUT2D eigenvalue weighted by molar-refractivity contribution is 0.0686. The maximum absolute atomic E-state index is 8.65. The molecule has 1 N–H and O–H groups in total. The van der Waals surface area contributed by atoms with Crippen LogP contribution in [0, 0.1) is 11.8 Å². The predicted octanol–water partition coefficient (Wildman–Crippen LogP) is 0.957. The first-order chi connectivity index (χ1) is 5.22. The molecule has 0 unspecified atom stereocenters. The number of likely N-dealkylation sites (tertiary alicyclic amines) is 1. The Bertz CT molecular complexity index is 108. The Morgan fingerprint density at radius 2 is 2.09 bits per heavy atom. The molecule has 0 aromatic heterocycles. The number of rotatable bonds is 4. The van der Waals surface area contributed by atoms with Gasteiger partial charge in [0.25, 0.3) is 0 Å². The second kappa shape index (κ2) is 4.07. The SMILES string of the molecule is CC(C)CN1CC(CCO)C1. The lowest BCUT2D eigenvalue weighted by atomic mass is 9.96. The molecule has 0 atom stereocenters. The van der Waals surface area contributed by atoms with E-state index in [1.807, 2.05) is 0 Å². The Balaban J connectivity index is 2.00. The summed E-state index contributed by atoms with van der Waals surface area (Å²) < 4.78 is 0.